The van der Waals surface area contributed by atoms with E-state index in [2.05, 4.69) is 4.98 Å². The molecule has 5 heteroatoms. The van der Waals surface area contributed by atoms with Crippen LogP contribution in [-0.4, -0.2) is 16.3 Å². The number of rotatable bonds is 5. The summed E-state index contributed by atoms with van der Waals surface area (Å²) in [4.78, 5) is 30.3. The number of hydrogen-bond acceptors (Lipinski definition) is 3. The highest BCUT2D eigenvalue weighted by atomic mass is 16.7. The number of nitrogens with zero attached hydrogens (tertiary/aromatic N) is 1. The van der Waals surface area contributed by atoms with E-state index in [9.17, 15) is 9.59 Å². The third kappa shape index (κ3) is 2.98. The van der Waals surface area contributed by atoms with E-state index < -0.39 is 5.69 Å². The Labute approximate surface area is 94.0 Å². The second-order valence-corrected chi connectivity index (χ2v) is 4.01. The number of H-pyrrole nitrogens is 1. The van der Waals surface area contributed by atoms with Gasteiger partial charge in [0.25, 0.3) is 5.56 Å². The topological polar surface area (TPSA) is 64.1 Å². The zero-order valence-electron chi connectivity index (χ0n) is 9.95. The molecule has 1 aromatic rings. The number of aromatic nitrogens is 2. The second kappa shape index (κ2) is 5.53. The van der Waals surface area contributed by atoms with Gasteiger partial charge in [-0.3, -0.25) is 9.78 Å². The molecule has 0 aliphatic heterocycles. The molecule has 1 N–H and O–H groups in total. The lowest BCUT2D eigenvalue weighted by Crippen LogP contribution is -2.36. The van der Waals surface area contributed by atoms with Gasteiger partial charge in [-0.2, -0.15) is 0 Å². The molecule has 0 radical (unpaired) electrons. The van der Waals surface area contributed by atoms with Gasteiger partial charge < -0.3 is 4.84 Å². The van der Waals surface area contributed by atoms with E-state index in [0.29, 0.717) is 12.2 Å². The van der Waals surface area contributed by atoms with Crippen LogP contribution in [0.5, 0.6) is 0 Å². The third-order valence-corrected chi connectivity index (χ3v) is 2.29. The highest BCUT2D eigenvalue weighted by Crippen LogP contribution is 2.05. The summed E-state index contributed by atoms with van der Waals surface area (Å²) in [6.07, 6.45) is 3.35. The van der Waals surface area contributed by atoms with E-state index in [1.807, 2.05) is 20.8 Å². The lowest BCUT2D eigenvalue weighted by atomic mass is 10.1. The number of hydrogen-bond donors (Lipinski definition) is 1. The number of aromatic amines is 1. The third-order valence-electron chi connectivity index (χ3n) is 2.29. The summed E-state index contributed by atoms with van der Waals surface area (Å²) in [6, 6.07) is 0. The Morgan fingerprint density at radius 1 is 1.44 bits per heavy atom. The normalized spacial score (nSPS) is 10.8. The van der Waals surface area contributed by atoms with E-state index in [4.69, 9.17) is 4.84 Å². The van der Waals surface area contributed by atoms with E-state index in [-0.39, 0.29) is 11.5 Å². The summed E-state index contributed by atoms with van der Waals surface area (Å²) in [5, 5.41) is 0. The summed E-state index contributed by atoms with van der Waals surface area (Å²) in [6.45, 7) is 6.30. The number of unbranched alkanes of at least 4 members (excludes halogenated alkanes) is 1. The fourth-order valence-corrected chi connectivity index (χ4v) is 1.28. The highest BCUT2D eigenvalue weighted by Gasteiger charge is 2.08. The minimum absolute atomic E-state index is 0.0605. The maximum atomic E-state index is 11.4. The summed E-state index contributed by atoms with van der Waals surface area (Å²) in [5.74, 6) is 0.0605. The number of nitrogens with one attached hydrogen (secondary N) is 1. The SMILES string of the molecule is CCCCOn1cc(C(C)C)c(=O)[nH]c1=O. The summed E-state index contributed by atoms with van der Waals surface area (Å²) >= 11 is 0. The molecule has 0 aliphatic carbocycles. The zero-order chi connectivity index (χ0) is 12.1. The average Bonchev–Trinajstić information content (AvgIpc) is 2.21. The van der Waals surface area contributed by atoms with Gasteiger partial charge in [-0.25, -0.2) is 4.79 Å². The Morgan fingerprint density at radius 3 is 2.69 bits per heavy atom. The summed E-state index contributed by atoms with van der Waals surface area (Å²) < 4.78 is 1.10. The molecule has 0 amide bonds. The molecule has 16 heavy (non-hydrogen) atoms. The minimum atomic E-state index is -0.523. The van der Waals surface area contributed by atoms with Gasteiger partial charge in [0.2, 0.25) is 0 Å². The summed E-state index contributed by atoms with van der Waals surface area (Å²) in [7, 11) is 0. The van der Waals surface area contributed by atoms with Crippen LogP contribution in [0.4, 0.5) is 0 Å². The van der Waals surface area contributed by atoms with Crippen LogP contribution in [0, 0.1) is 0 Å². The molecule has 0 saturated carbocycles. The van der Waals surface area contributed by atoms with Crippen molar-refractivity contribution in [1.82, 2.24) is 9.71 Å². The van der Waals surface area contributed by atoms with Crippen LogP contribution >= 0.6 is 0 Å². The van der Waals surface area contributed by atoms with Gasteiger partial charge in [0, 0.05) is 5.56 Å². The Balaban J connectivity index is 2.96. The van der Waals surface area contributed by atoms with Crippen molar-refractivity contribution in [2.24, 2.45) is 0 Å². The minimum Gasteiger partial charge on any atom is -0.410 e. The Kier molecular flexibility index (Phi) is 4.34. The lowest BCUT2D eigenvalue weighted by Gasteiger charge is -2.10. The monoisotopic (exact) mass is 226 g/mol. The molecule has 90 valence electrons. The van der Waals surface area contributed by atoms with Crippen LogP contribution in [0.2, 0.25) is 0 Å². The Hall–Kier alpha value is -1.52. The van der Waals surface area contributed by atoms with Crippen molar-refractivity contribution < 1.29 is 4.84 Å². The van der Waals surface area contributed by atoms with Crippen molar-refractivity contribution in [3.63, 3.8) is 0 Å². The van der Waals surface area contributed by atoms with Crippen molar-refractivity contribution in [2.75, 3.05) is 6.61 Å². The predicted molar refractivity (Wildman–Crippen MR) is 61.8 cm³/mol. The van der Waals surface area contributed by atoms with Gasteiger partial charge >= 0.3 is 5.69 Å². The predicted octanol–water partition coefficient (Wildman–Crippen LogP) is 0.889. The molecule has 0 aliphatic rings. The molecule has 0 saturated heterocycles. The first-order chi connectivity index (χ1) is 7.56. The van der Waals surface area contributed by atoms with Gasteiger partial charge in [-0.05, 0) is 12.3 Å². The van der Waals surface area contributed by atoms with E-state index in [0.717, 1.165) is 17.6 Å². The van der Waals surface area contributed by atoms with Crippen LogP contribution in [-0.2, 0) is 0 Å². The fraction of sp³-hybridized carbons (Fsp3) is 0.636. The fourth-order valence-electron chi connectivity index (χ4n) is 1.28. The Bertz CT molecular complexity index is 445. The standard InChI is InChI=1S/C11H18N2O3/c1-4-5-6-16-13-7-9(8(2)3)10(14)12-11(13)15/h7-8H,4-6H2,1-3H3,(H,12,14,15). The van der Waals surface area contributed by atoms with E-state index in [1.165, 1.54) is 6.20 Å². The molecule has 0 bridgehead atoms. The maximum Gasteiger partial charge on any atom is 0.361 e. The van der Waals surface area contributed by atoms with Gasteiger partial charge in [0.15, 0.2) is 0 Å². The maximum absolute atomic E-state index is 11.4. The van der Waals surface area contributed by atoms with Crippen molar-refractivity contribution in [2.45, 2.75) is 39.5 Å². The van der Waals surface area contributed by atoms with Crippen LogP contribution in [0.3, 0.4) is 0 Å². The quantitative estimate of drug-likeness (QED) is 0.758. The van der Waals surface area contributed by atoms with Gasteiger partial charge in [0.05, 0.1) is 6.20 Å². The molecule has 1 rings (SSSR count). The molecule has 1 aromatic heterocycles. The van der Waals surface area contributed by atoms with Crippen LogP contribution in [0.1, 0.15) is 45.1 Å². The van der Waals surface area contributed by atoms with Crippen LogP contribution in [0.25, 0.3) is 0 Å². The Morgan fingerprint density at radius 2 is 2.12 bits per heavy atom. The first-order valence-corrected chi connectivity index (χ1v) is 5.55. The summed E-state index contributed by atoms with van der Waals surface area (Å²) in [5.41, 5.74) is -0.308. The van der Waals surface area contributed by atoms with Crippen molar-refractivity contribution in [3.05, 3.63) is 32.6 Å². The van der Waals surface area contributed by atoms with Crippen molar-refractivity contribution in [1.29, 1.82) is 0 Å². The first-order valence-electron chi connectivity index (χ1n) is 5.55. The molecular weight excluding hydrogens is 208 g/mol. The molecule has 0 spiro atoms. The first kappa shape index (κ1) is 12.5. The van der Waals surface area contributed by atoms with Crippen LogP contribution < -0.4 is 16.1 Å². The second-order valence-electron chi connectivity index (χ2n) is 4.01. The van der Waals surface area contributed by atoms with Gasteiger partial charge in [-0.15, -0.1) is 4.73 Å². The van der Waals surface area contributed by atoms with E-state index in [1.54, 1.807) is 0 Å². The molecule has 0 aromatic carbocycles. The zero-order valence-corrected chi connectivity index (χ0v) is 9.95. The average molecular weight is 226 g/mol. The molecule has 0 fully saturated rings. The molecule has 5 nitrogen and oxygen atoms in total. The lowest BCUT2D eigenvalue weighted by molar-refractivity contribution is 0.0949. The highest BCUT2D eigenvalue weighted by molar-refractivity contribution is 5.08. The van der Waals surface area contributed by atoms with Gasteiger partial charge in [0.1, 0.15) is 6.61 Å². The van der Waals surface area contributed by atoms with Crippen LogP contribution in [0.15, 0.2) is 15.8 Å². The molecule has 1 heterocycles. The smallest absolute Gasteiger partial charge is 0.361 e. The molecule has 0 unspecified atom stereocenters. The van der Waals surface area contributed by atoms with E-state index >= 15 is 0 Å². The molecule has 0 atom stereocenters. The molecular formula is C11H18N2O3. The van der Waals surface area contributed by atoms with Crippen molar-refractivity contribution >= 4 is 0 Å². The van der Waals surface area contributed by atoms with Crippen molar-refractivity contribution in [3.8, 4) is 0 Å². The largest absolute Gasteiger partial charge is 0.410 e. The van der Waals surface area contributed by atoms with Gasteiger partial charge in [-0.1, -0.05) is 27.2 Å².